The lowest BCUT2D eigenvalue weighted by Crippen LogP contribution is -2.30. The van der Waals surface area contributed by atoms with Gasteiger partial charge >= 0.3 is 17.9 Å². The Morgan fingerprint density at radius 3 is 0.935 bits per heavy atom. The number of esters is 3. The first-order valence-electron chi connectivity index (χ1n) is 27.0. The summed E-state index contributed by atoms with van der Waals surface area (Å²) in [7, 11) is 0. The minimum atomic E-state index is -0.771. The largest absolute Gasteiger partial charge is 0.462 e. The maximum atomic E-state index is 12.8. The van der Waals surface area contributed by atoms with Gasteiger partial charge in [0.25, 0.3) is 0 Å². The maximum absolute atomic E-state index is 12.8. The molecular formula is C56H102O6. The van der Waals surface area contributed by atoms with Crippen LogP contribution in [0.1, 0.15) is 284 Å². The molecule has 0 spiro atoms. The molecule has 0 saturated heterocycles. The number of hydrogen-bond donors (Lipinski definition) is 0. The van der Waals surface area contributed by atoms with Crippen LogP contribution in [-0.4, -0.2) is 37.2 Å². The van der Waals surface area contributed by atoms with Gasteiger partial charge in [-0.3, -0.25) is 14.4 Å². The molecule has 0 aromatic heterocycles. The van der Waals surface area contributed by atoms with E-state index in [1.165, 1.54) is 167 Å². The van der Waals surface area contributed by atoms with Crippen LogP contribution in [0.5, 0.6) is 0 Å². The van der Waals surface area contributed by atoms with Gasteiger partial charge in [-0.25, -0.2) is 0 Å². The first-order valence-corrected chi connectivity index (χ1v) is 27.0. The fourth-order valence-corrected chi connectivity index (χ4v) is 7.80. The molecule has 0 amide bonds. The molecule has 1 atom stereocenters. The van der Waals surface area contributed by atoms with Crippen LogP contribution < -0.4 is 0 Å². The van der Waals surface area contributed by atoms with E-state index in [1.807, 2.05) is 0 Å². The third-order valence-corrected chi connectivity index (χ3v) is 11.9. The minimum absolute atomic E-state index is 0.0724. The van der Waals surface area contributed by atoms with Crippen molar-refractivity contribution in [2.75, 3.05) is 13.2 Å². The second kappa shape index (κ2) is 51.3. The van der Waals surface area contributed by atoms with E-state index in [-0.39, 0.29) is 31.1 Å². The van der Waals surface area contributed by atoms with Crippen molar-refractivity contribution < 1.29 is 28.6 Å². The van der Waals surface area contributed by atoms with E-state index in [4.69, 9.17) is 14.2 Å². The van der Waals surface area contributed by atoms with E-state index in [2.05, 4.69) is 57.2 Å². The number of unbranched alkanes of at least 4 members (excludes halogenated alkanes) is 32. The normalized spacial score (nSPS) is 12.2. The quantitative estimate of drug-likeness (QED) is 0.0262. The molecule has 0 unspecified atom stereocenters. The lowest BCUT2D eigenvalue weighted by atomic mass is 10.0. The van der Waals surface area contributed by atoms with E-state index < -0.39 is 6.10 Å². The highest BCUT2D eigenvalue weighted by Gasteiger charge is 2.19. The zero-order chi connectivity index (χ0) is 45.1. The van der Waals surface area contributed by atoms with Gasteiger partial charge in [-0.1, -0.05) is 243 Å². The average Bonchev–Trinajstić information content (AvgIpc) is 3.27. The Morgan fingerprint density at radius 2 is 0.581 bits per heavy atom. The molecule has 0 heterocycles. The van der Waals surface area contributed by atoms with Gasteiger partial charge in [0.1, 0.15) is 13.2 Å². The van der Waals surface area contributed by atoms with Gasteiger partial charge in [-0.2, -0.15) is 0 Å². The second-order valence-electron chi connectivity index (χ2n) is 18.2. The second-order valence-corrected chi connectivity index (χ2v) is 18.2. The van der Waals surface area contributed by atoms with E-state index in [1.54, 1.807) is 0 Å². The average molecular weight is 871 g/mol. The predicted molar refractivity (Wildman–Crippen MR) is 266 cm³/mol. The van der Waals surface area contributed by atoms with Crippen molar-refractivity contribution in [2.24, 2.45) is 0 Å². The Morgan fingerprint density at radius 1 is 0.323 bits per heavy atom. The molecule has 0 aliphatic heterocycles. The third-order valence-electron chi connectivity index (χ3n) is 11.9. The van der Waals surface area contributed by atoms with Gasteiger partial charge in [0.2, 0.25) is 0 Å². The number of carbonyl (C=O) groups is 3. The summed E-state index contributed by atoms with van der Waals surface area (Å²) >= 11 is 0. The standard InChI is InChI=1S/C56H102O6/c1-4-7-10-13-16-19-21-23-25-27-28-29-31-32-34-37-40-43-46-49-55(58)61-52-53(51-60-54(57)48-45-42-39-36-18-15-12-9-6-3)62-56(59)50-47-44-41-38-35-33-30-26-24-22-20-17-14-11-8-5-2/h16,19,23,25,28-29,53H,4-15,17-18,20-22,24,26-27,30-52H2,1-3H3/b19-16-,25-23-,29-28-/t53-/m1/s1. The third kappa shape index (κ3) is 48.7. The van der Waals surface area contributed by atoms with Crippen LogP contribution in [0.15, 0.2) is 36.5 Å². The molecule has 0 bridgehead atoms. The molecule has 0 aliphatic rings. The summed E-state index contributed by atoms with van der Waals surface area (Å²) in [6.45, 7) is 6.61. The van der Waals surface area contributed by atoms with Crippen molar-refractivity contribution in [3.8, 4) is 0 Å². The molecule has 0 fully saturated rings. The SMILES string of the molecule is CCCCC/C=C\C/C=C\C/C=C\CCCCCCCCC(=O)OC[C@@H](COC(=O)CCCCCCCCCCC)OC(=O)CCCCCCCCCCCCCCCCCC. The fourth-order valence-electron chi connectivity index (χ4n) is 7.80. The summed E-state index contributed by atoms with van der Waals surface area (Å²) in [4.78, 5) is 37.9. The molecule has 0 saturated carbocycles. The van der Waals surface area contributed by atoms with Gasteiger partial charge in [0, 0.05) is 19.3 Å². The summed E-state index contributed by atoms with van der Waals surface area (Å²) in [6.07, 6.45) is 59.9. The van der Waals surface area contributed by atoms with Crippen molar-refractivity contribution in [1.29, 1.82) is 0 Å². The summed E-state index contributed by atoms with van der Waals surface area (Å²) in [5.74, 6) is -0.875. The number of allylic oxidation sites excluding steroid dienone is 6. The lowest BCUT2D eigenvalue weighted by molar-refractivity contribution is -0.167. The monoisotopic (exact) mass is 871 g/mol. The van der Waals surface area contributed by atoms with Crippen molar-refractivity contribution in [3.05, 3.63) is 36.5 Å². The Bertz CT molecular complexity index is 1050. The highest BCUT2D eigenvalue weighted by molar-refractivity contribution is 5.71. The molecule has 0 aromatic rings. The number of carbonyl (C=O) groups excluding carboxylic acids is 3. The molecule has 0 N–H and O–H groups in total. The van der Waals surface area contributed by atoms with Crippen LogP contribution in [0, 0.1) is 0 Å². The minimum Gasteiger partial charge on any atom is -0.462 e. The summed E-state index contributed by atoms with van der Waals surface area (Å²) in [5, 5.41) is 0. The first kappa shape index (κ1) is 59.6. The van der Waals surface area contributed by atoms with Crippen molar-refractivity contribution in [3.63, 3.8) is 0 Å². The van der Waals surface area contributed by atoms with Crippen molar-refractivity contribution in [1.82, 2.24) is 0 Å². The van der Waals surface area contributed by atoms with Crippen LogP contribution in [0.25, 0.3) is 0 Å². The van der Waals surface area contributed by atoms with Crippen LogP contribution in [0.4, 0.5) is 0 Å². The van der Waals surface area contributed by atoms with E-state index >= 15 is 0 Å². The van der Waals surface area contributed by atoms with Gasteiger partial charge < -0.3 is 14.2 Å². The molecule has 0 rings (SSSR count). The molecule has 0 aliphatic carbocycles. The van der Waals surface area contributed by atoms with Gasteiger partial charge in [0.05, 0.1) is 0 Å². The fraction of sp³-hybridized carbons (Fsp3) is 0.839. The van der Waals surface area contributed by atoms with Crippen LogP contribution in [0.3, 0.4) is 0 Å². The van der Waals surface area contributed by atoms with Crippen LogP contribution in [0.2, 0.25) is 0 Å². The Hall–Kier alpha value is -2.37. The molecular weight excluding hydrogens is 769 g/mol. The van der Waals surface area contributed by atoms with Gasteiger partial charge in [0.15, 0.2) is 6.10 Å². The van der Waals surface area contributed by atoms with Crippen molar-refractivity contribution >= 4 is 17.9 Å². The van der Waals surface area contributed by atoms with E-state index in [9.17, 15) is 14.4 Å². The Labute approximate surface area is 385 Å². The Kier molecular flexibility index (Phi) is 49.3. The first-order chi connectivity index (χ1) is 30.5. The van der Waals surface area contributed by atoms with Crippen molar-refractivity contribution in [2.45, 2.75) is 290 Å². The zero-order valence-electron chi connectivity index (χ0n) is 41.4. The molecule has 6 nitrogen and oxygen atoms in total. The molecule has 0 radical (unpaired) electrons. The highest BCUT2D eigenvalue weighted by Crippen LogP contribution is 2.16. The van der Waals surface area contributed by atoms with Gasteiger partial charge in [-0.05, 0) is 57.8 Å². The molecule has 62 heavy (non-hydrogen) atoms. The van der Waals surface area contributed by atoms with Gasteiger partial charge in [-0.15, -0.1) is 0 Å². The summed E-state index contributed by atoms with van der Waals surface area (Å²) in [6, 6.07) is 0. The smallest absolute Gasteiger partial charge is 0.306 e. The van der Waals surface area contributed by atoms with E-state index in [0.29, 0.717) is 19.3 Å². The van der Waals surface area contributed by atoms with E-state index in [0.717, 1.165) is 77.0 Å². The summed E-state index contributed by atoms with van der Waals surface area (Å²) < 4.78 is 16.8. The number of hydrogen-bond acceptors (Lipinski definition) is 6. The topological polar surface area (TPSA) is 78.9 Å². The predicted octanol–water partition coefficient (Wildman–Crippen LogP) is 17.7. The number of ether oxygens (including phenoxy) is 3. The Balaban J connectivity index is 4.30. The maximum Gasteiger partial charge on any atom is 0.306 e. The lowest BCUT2D eigenvalue weighted by Gasteiger charge is -2.18. The number of rotatable bonds is 49. The molecule has 6 heteroatoms. The molecule has 0 aromatic carbocycles. The molecule has 362 valence electrons. The van der Waals surface area contributed by atoms with Crippen LogP contribution >= 0.6 is 0 Å². The zero-order valence-corrected chi connectivity index (χ0v) is 41.4. The van der Waals surface area contributed by atoms with Crippen LogP contribution in [-0.2, 0) is 28.6 Å². The summed E-state index contributed by atoms with van der Waals surface area (Å²) in [5.41, 5.74) is 0. The highest BCUT2D eigenvalue weighted by atomic mass is 16.6.